The van der Waals surface area contributed by atoms with Gasteiger partial charge in [-0.1, -0.05) is 200 Å². The van der Waals surface area contributed by atoms with Crippen molar-refractivity contribution in [2.45, 2.75) is 171 Å². The Bertz CT molecular complexity index is 1960. The van der Waals surface area contributed by atoms with Gasteiger partial charge in [-0.25, -0.2) is 0 Å². The van der Waals surface area contributed by atoms with Gasteiger partial charge in [0.25, 0.3) is 0 Å². The average Bonchev–Trinajstić information content (AvgIpc) is 3.63. The minimum atomic E-state index is 0.592. The van der Waals surface area contributed by atoms with E-state index in [9.17, 15) is 0 Å². The van der Waals surface area contributed by atoms with Crippen LogP contribution >= 0.6 is 0 Å². The first-order valence-electron chi connectivity index (χ1n) is 23.4. The molecule has 58 heavy (non-hydrogen) atoms. The normalized spacial score (nSPS) is 15.9. The third kappa shape index (κ3) is 12.9. The van der Waals surface area contributed by atoms with E-state index in [0.29, 0.717) is 23.7 Å². The van der Waals surface area contributed by atoms with Crippen molar-refractivity contribution < 1.29 is 0 Å². The predicted molar refractivity (Wildman–Crippen MR) is 259 cm³/mol. The Balaban J connectivity index is 0.000000172. The summed E-state index contributed by atoms with van der Waals surface area (Å²) in [6, 6.07) is 37.9. The molecule has 0 fully saturated rings. The number of hydrogen-bond acceptors (Lipinski definition) is 0. The Hall–Kier alpha value is -3.64. The quantitative estimate of drug-likeness (QED) is 0.140. The Morgan fingerprint density at radius 3 is 1.66 bits per heavy atom. The molecule has 0 bridgehead atoms. The molecule has 314 valence electrons. The summed E-state index contributed by atoms with van der Waals surface area (Å²) >= 11 is 0. The van der Waals surface area contributed by atoms with Gasteiger partial charge in [-0.05, 0) is 159 Å². The van der Waals surface area contributed by atoms with Gasteiger partial charge in [-0.2, -0.15) is 0 Å². The molecule has 0 saturated heterocycles. The van der Waals surface area contributed by atoms with E-state index >= 15 is 0 Å². The molecule has 0 heterocycles. The molecular weight excluding hydrogens is 697 g/mol. The maximum Gasteiger partial charge on any atom is -0.0130 e. The highest BCUT2D eigenvalue weighted by atomic mass is 14.3. The molecule has 0 spiro atoms. The first-order chi connectivity index (χ1) is 27.6. The molecule has 7 rings (SSSR count). The van der Waals surface area contributed by atoms with E-state index in [1.54, 1.807) is 27.8 Å². The summed E-state index contributed by atoms with van der Waals surface area (Å²) in [5.41, 5.74) is 14.2. The summed E-state index contributed by atoms with van der Waals surface area (Å²) in [5, 5.41) is 2.80. The maximum atomic E-state index is 2.36. The Morgan fingerprint density at radius 2 is 1.02 bits per heavy atom. The number of hydrogen-bond donors (Lipinski definition) is 0. The van der Waals surface area contributed by atoms with E-state index in [1.165, 1.54) is 78.0 Å². The number of rotatable bonds is 9. The van der Waals surface area contributed by atoms with Gasteiger partial charge < -0.3 is 0 Å². The molecule has 2 aliphatic rings. The molecule has 2 unspecified atom stereocenters. The summed E-state index contributed by atoms with van der Waals surface area (Å²) in [6.07, 6.45) is 9.08. The van der Waals surface area contributed by atoms with Crippen LogP contribution in [0.2, 0.25) is 0 Å². The van der Waals surface area contributed by atoms with Crippen molar-refractivity contribution in [1.29, 1.82) is 0 Å². The number of benzene rings is 5. The van der Waals surface area contributed by atoms with Gasteiger partial charge in [0, 0.05) is 0 Å². The fourth-order valence-electron chi connectivity index (χ4n) is 9.78. The zero-order valence-corrected chi connectivity index (χ0v) is 39.5. The summed E-state index contributed by atoms with van der Waals surface area (Å²) in [7, 11) is 0. The number of aryl methyl sites for hydroxylation is 2. The van der Waals surface area contributed by atoms with Gasteiger partial charge in [0.2, 0.25) is 0 Å². The monoisotopic (exact) mass is 779 g/mol. The lowest BCUT2D eigenvalue weighted by atomic mass is 9.77. The first kappa shape index (κ1) is 47.0. The van der Waals surface area contributed by atoms with Crippen LogP contribution in [0.15, 0.2) is 103 Å². The lowest BCUT2D eigenvalue weighted by Gasteiger charge is -2.28. The Kier molecular flexibility index (Phi) is 18.4. The first-order valence-corrected chi connectivity index (χ1v) is 23.4. The SMILES string of the molecule is CC(C)C1CCCc2ccccc21.CC(C)Cc1ccc2ccccc2c1C(C)C.CC(C)Cc1ccccc1C(C)C.CC(C)c1cccc2c1C(C(C)C)CC2. The molecule has 0 aromatic heterocycles. The van der Waals surface area contributed by atoms with E-state index < -0.39 is 0 Å². The van der Waals surface area contributed by atoms with Crippen LogP contribution in [0.4, 0.5) is 0 Å². The highest BCUT2D eigenvalue weighted by Crippen LogP contribution is 2.42. The lowest BCUT2D eigenvalue weighted by molar-refractivity contribution is 0.433. The van der Waals surface area contributed by atoms with E-state index in [4.69, 9.17) is 0 Å². The van der Waals surface area contributed by atoms with E-state index in [1.807, 2.05) is 0 Å². The largest absolute Gasteiger partial charge is 0.0625 e. The van der Waals surface area contributed by atoms with Gasteiger partial charge >= 0.3 is 0 Å². The van der Waals surface area contributed by atoms with Crippen molar-refractivity contribution in [2.24, 2.45) is 23.7 Å². The van der Waals surface area contributed by atoms with Crippen molar-refractivity contribution in [3.05, 3.63) is 153 Å². The minimum Gasteiger partial charge on any atom is -0.0625 e. The van der Waals surface area contributed by atoms with E-state index in [0.717, 1.165) is 29.6 Å². The third-order valence-corrected chi connectivity index (χ3v) is 12.5. The molecule has 5 aromatic carbocycles. The van der Waals surface area contributed by atoms with Crippen LogP contribution in [0.1, 0.15) is 196 Å². The molecule has 2 aliphatic carbocycles. The zero-order valence-electron chi connectivity index (χ0n) is 39.5. The zero-order chi connectivity index (χ0) is 42.5. The third-order valence-electron chi connectivity index (χ3n) is 12.5. The fraction of sp³-hybridized carbons (Fsp3) is 0.517. The van der Waals surface area contributed by atoms with Crippen molar-refractivity contribution in [2.75, 3.05) is 0 Å². The van der Waals surface area contributed by atoms with Crippen molar-refractivity contribution in [1.82, 2.24) is 0 Å². The highest BCUT2D eigenvalue weighted by Gasteiger charge is 2.28. The number of fused-ring (bicyclic) bond motifs is 3. The standard InChI is InChI=1S/C17H22.C15H22.C13H18.C13H20/c1-12(2)11-15-10-9-14-7-5-6-8-16(14)17(15)13(3)4;1-10(2)13-7-5-6-12-8-9-14(11(3)4)15(12)13;1-10(2)12-9-5-7-11-6-3-4-8-13(11)12;1-10(2)9-12-7-5-6-8-13(12)11(3)4/h5-10,12-13H,11H2,1-4H3;5-7,10-11,14H,8-9H2,1-4H3;3-4,6,8,10,12H,5,7,9H2,1-2H3;5-8,10-11H,9H2,1-4H3. The van der Waals surface area contributed by atoms with Gasteiger partial charge in [0.05, 0.1) is 0 Å². The molecule has 0 radical (unpaired) electrons. The molecular formula is C58H82. The Morgan fingerprint density at radius 1 is 0.448 bits per heavy atom. The summed E-state index contributed by atoms with van der Waals surface area (Å²) < 4.78 is 0. The summed E-state index contributed by atoms with van der Waals surface area (Å²) in [4.78, 5) is 0. The van der Waals surface area contributed by atoms with Crippen LogP contribution in [0.3, 0.4) is 0 Å². The molecule has 0 nitrogen and oxygen atoms in total. The molecule has 0 amide bonds. The average molecular weight is 779 g/mol. The van der Waals surface area contributed by atoms with Crippen LogP contribution in [-0.4, -0.2) is 0 Å². The van der Waals surface area contributed by atoms with Crippen LogP contribution < -0.4 is 0 Å². The van der Waals surface area contributed by atoms with Gasteiger partial charge in [-0.15, -0.1) is 0 Å². The topological polar surface area (TPSA) is 0 Å². The molecule has 0 aliphatic heterocycles. The van der Waals surface area contributed by atoms with Crippen molar-refractivity contribution in [3.63, 3.8) is 0 Å². The Labute approximate surface area is 357 Å². The second kappa shape index (κ2) is 22.7. The second-order valence-electron chi connectivity index (χ2n) is 20.0. The van der Waals surface area contributed by atoms with Crippen molar-refractivity contribution >= 4 is 10.8 Å². The van der Waals surface area contributed by atoms with Crippen molar-refractivity contribution in [3.8, 4) is 0 Å². The van der Waals surface area contributed by atoms with Gasteiger partial charge in [0.1, 0.15) is 0 Å². The fourth-order valence-corrected chi connectivity index (χ4v) is 9.78. The second-order valence-corrected chi connectivity index (χ2v) is 20.0. The molecule has 5 aromatic rings. The van der Waals surface area contributed by atoms with Crippen LogP contribution in [0, 0.1) is 23.7 Å². The molecule has 0 saturated carbocycles. The van der Waals surface area contributed by atoms with E-state index in [-0.39, 0.29) is 0 Å². The predicted octanol–water partition coefficient (Wildman–Crippen LogP) is 17.4. The van der Waals surface area contributed by atoms with Crippen LogP contribution in [0.25, 0.3) is 10.8 Å². The van der Waals surface area contributed by atoms with Gasteiger partial charge in [0.15, 0.2) is 0 Å². The molecule has 0 heteroatoms. The maximum absolute atomic E-state index is 2.36. The molecule has 0 N–H and O–H groups in total. The van der Waals surface area contributed by atoms with E-state index in [2.05, 4.69) is 200 Å². The summed E-state index contributed by atoms with van der Waals surface area (Å²) in [5.74, 6) is 6.56. The minimum absolute atomic E-state index is 0.592. The van der Waals surface area contributed by atoms with Crippen LogP contribution in [0.5, 0.6) is 0 Å². The van der Waals surface area contributed by atoms with Gasteiger partial charge in [-0.3, -0.25) is 0 Å². The van der Waals surface area contributed by atoms with Crippen LogP contribution in [-0.2, 0) is 25.7 Å². The lowest BCUT2D eigenvalue weighted by Crippen LogP contribution is -2.14. The summed E-state index contributed by atoms with van der Waals surface area (Å²) in [6.45, 7) is 32.3. The highest BCUT2D eigenvalue weighted by molar-refractivity contribution is 5.87. The molecule has 2 atom stereocenters. The smallest absolute Gasteiger partial charge is 0.0130 e.